The predicted molar refractivity (Wildman–Crippen MR) is 106 cm³/mol. The lowest BCUT2D eigenvalue weighted by molar-refractivity contribution is -0.120. The van der Waals surface area contributed by atoms with Gasteiger partial charge in [0.25, 0.3) is 0 Å². The van der Waals surface area contributed by atoms with Crippen molar-refractivity contribution in [2.24, 2.45) is 0 Å². The van der Waals surface area contributed by atoms with Crippen LogP contribution in [0.3, 0.4) is 0 Å². The van der Waals surface area contributed by atoms with Gasteiger partial charge in [0.05, 0.1) is 18.0 Å². The quantitative estimate of drug-likeness (QED) is 0.819. The Balaban J connectivity index is 2.20. The van der Waals surface area contributed by atoms with E-state index in [0.29, 0.717) is 0 Å². The first-order chi connectivity index (χ1) is 12.5. The highest BCUT2D eigenvalue weighted by atomic mass is 32.2. The number of rotatable bonds is 6. The van der Waals surface area contributed by atoms with Gasteiger partial charge in [0, 0.05) is 0 Å². The van der Waals surface area contributed by atoms with Gasteiger partial charge in [-0.05, 0) is 68.1 Å². The third kappa shape index (κ3) is 5.29. The zero-order valence-electron chi connectivity index (χ0n) is 16.2. The van der Waals surface area contributed by atoms with E-state index in [1.54, 1.807) is 0 Å². The molecule has 1 amide bonds. The van der Waals surface area contributed by atoms with E-state index in [0.717, 1.165) is 33.3 Å². The maximum Gasteiger partial charge on any atom is 0.241 e. The Bertz CT molecular complexity index is 958. The smallest absolute Gasteiger partial charge is 0.241 e. The van der Waals surface area contributed by atoms with Crippen molar-refractivity contribution in [3.63, 3.8) is 0 Å². The minimum Gasteiger partial charge on any atom is -0.348 e. The number of aryl methyl sites for hydroxylation is 3. The van der Waals surface area contributed by atoms with Crippen LogP contribution in [0, 0.1) is 26.6 Å². The maximum absolute atomic E-state index is 13.5. The summed E-state index contributed by atoms with van der Waals surface area (Å²) in [5.41, 5.74) is 4.43. The van der Waals surface area contributed by atoms with Crippen LogP contribution in [0.25, 0.3) is 0 Å². The standard InChI is InChI=1S/C20H25FN2O3S/c1-13-9-15(3)19(10-14(13)2)16(4)22-20(24)12-23(27(5,25)26)18-8-6-7-17(21)11-18/h6-11,16H,12H2,1-5H3,(H,22,24)/t16-/m0/s1. The number of hydrogen-bond donors (Lipinski definition) is 1. The lowest BCUT2D eigenvalue weighted by Crippen LogP contribution is -2.41. The lowest BCUT2D eigenvalue weighted by atomic mass is 9.96. The molecule has 0 aliphatic heterocycles. The predicted octanol–water partition coefficient (Wildman–Crippen LogP) is 3.39. The summed E-state index contributed by atoms with van der Waals surface area (Å²) in [5, 5.41) is 2.83. The molecule has 0 radical (unpaired) electrons. The van der Waals surface area contributed by atoms with Crippen molar-refractivity contribution in [1.82, 2.24) is 5.32 Å². The van der Waals surface area contributed by atoms with E-state index in [9.17, 15) is 17.6 Å². The van der Waals surface area contributed by atoms with Gasteiger partial charge in [0.2, 0.25) is 15.9 Å². The van der Waals surface area contributed by atoms with Gasteiger partial charge in [-0.15, -0.1) is 0 Å². The van der Waals surface area contributed by atoms with E-state index in [4.69, 9.17) is 0 Å². The summed E-state index contributed by atoms with van der Waals surface area (Å²) in [7, 11) is -3.74. The van der Waals surface area contributed by atoms with Crippen LogP contribution < -0.4 is 9.62 Å². The number of hydrogen-bond acceptors (Lipinski definition) is 3. The Morgan fingerprint density at radius 1 is 1.11 bits per heavy atom. The van der Waals surface area contributed by atoms with Gasteiger partial charge in [0.15, 0.2) is 0 Å². The zero-order valence-corrected chi connectivity index (χ0v) is 17.0. The van der Waals surface area contributed by atoms with Gasteiger partial charge in [-0.25, -0.2) is 12.8 Å². The molecule has 0 saturated heterocycles. The molecule has 2 aromatic carbocycles. The number of nitrogens with zero attached hydrogens (tertiary/aromatic N) is 1. The Morgan fingerprint density at radius 2 is 1.74 bits per heavy atom. The van der Waals surface area contributed by atoms with Gasteiger partial charge >= 0.3 is 0 Å². The summed E-state index contributed by atoms with van der Waals surface area (Å²) >= 11 is 0. The molecule has 1 N–H and O–H groups in total. The second-order valence-corrected chi connectivity index (χ2v) is 8.74. The molecule has 0 aliphatic carbocycles. The molecule has 0 aliphatic rings. The first kappa shape index (κ1) is 20.9. The van der Waals surface area contributed by atoms with Crippen molar-refractivity contribution in [2.75, 3.05) is 17.1 Å². The zero-order chi connectivity index (χ0) is 20.4. The molecular formula is C20H25FN2O3S. The molecule has 5 nitrogen and oxygen atoms in total. The van der Waals surface area contributed by atoms with E-state index in [1.807, 2.05) is 33.8 Å². The summed E-state index contributed by atoms with van der Waals surface area (Å²) in [6, 6.07) is 8.96. The number of carbonyl (C=O) groups excluding carboxylic acids is 1. The second kappa shape index (κ2) is 8.08. The summed E-state index contributed by atoms with van der Waals surface area (Å²) in [6.45, 7) is 7.43. The SMILES string of the molecule is Cc1cc(C)c([C@H](C)NC(=O)CN(c2cccc(F)c2)S(C)(=O)=O)cc1C. The highest BCUT2D eigenvalue weighted by Gasteiger charge is 2.22. The molecule has 146 valence electrons. The molecular weight excluding hydrogens is 367 g/mol. The topological polar surface area (TPSA) is 66.5 Å². The largest absolute Gasteiger partial charge is 0.348 e. The number of sulfonamides is 1. The summed E-state index contributed by atoms with van der Waals surface area (Å²) in [4.78, 5) is 12.5. The first-order valence-corrected chi connectivity index (χ1v) is 10.4. The molecule has 0 saturated carbocycles. The average Bonchev–Trinajstić information content (AvgIpc) is 2.54. The molecule has 0 aromatic heterocycles. The molecule has 2 aromatic rings. The fourth-order valence-corrected chi connectivity index (χ4v) is 3.82. The van der Waals surface area contributed by atoms with E-state index in [2.05, 4.69) is 11.4 Å². The van der Waals surface area contributed by atoms with Crippen molar-refractivity contribution in [3.8, 4) is 0 Å². The normalized spacial score (nSPS) is 12.5. The third-order valence-corrected chi connectivity index (χ3v) is 5.65. The minimum absolute atomic E-state index is 0.114. The first-order valence-electron chi connectivity index (χ1n) is 8.59. The maximum atomic E-state index is 13.5. The number of anilines is 1. The van der Waals surface area contributed by atoms with Gasteiger partial charge in [-0.3, -0.25) is 9.10 Å². The number of nitrogens with one attached hydrogen (secondary N) is 1. The van der Waals surface area contributed by atoms with Gasteiger partial charge in [-0.1, -0.05) is 18.2 Å². The Hall–Kier alpha value is -2.41. The fourth-order valence-electron chi connectivity index (χ4n) is 2.98. The highest BCUT2D eigenvalue weighted by Crippen LogP contribution is 2.22. The highest BCUT2D eigenvalue weighted by molar-refractivity contribution is 7.92. The van der Waals surface area contributed by atoms with Crippen LogP contribution in [0.4, 0.5) is 10.1 Å². The number of amides is 1. The lowest BCUT2D eigenvalue weighted by Gasteiger charge is -2.24. The molecule has 2 rings (SSSR count). The van der Waals surface area contributed by atoms with E-state index in [1.165, 1.54) is 23.8 Å². The molecule has 7 heteroatoms. The van der Waals surface area contributed by atoms with E-state index in [-0.39, 0.29) is 11.7 Å². The number of carbonyl (C=O) groups is 1. The van der Waals surface area contributed by atoms with Crippen molar-refractivity contribution >= 4 is 21.6 Å². The molecule has 0 spiro atoms. The molecule has 0 fully saturated rings. The molecule has 27 heavy (non-hydrogen) atoms. The van der Waals surface area contributed by atoms with Crippen molar-refractivity contribution < 1.29 is 17.6 Å². The summed E-state index contributed by atoms with van der Waals surface area (Å²) in [6.07, 6.45) is 0.988. The van der Waals surface area contributed by atoms with Crippen molar-refractivity contribution in [2.45, 2.75) is 33.7 Å². The fraction of sp³-hybridized carbons (Fsp3) is 0.350. The van der Waals surface area contributed by atoms with Crippen LogP contribution in [-0.2, 0) is 14.8 Å². The van der Waals surface area contributed by atoms with Crippen molar-refractivity contribution in [1.29, 1.82) is 0 Å². The Labute approximate surface area is 160 Å². The second-order valence-electron chi connectivity index (χ2n) is 6.83. The van der Waals surface area contributed by atoms with Crippen LogP contribution in [0.2, 0.25) is 0 Å². The molecule has 1 atom stereocenters. The number of benzene rings is 2. The van der Waals surface area contributed by atoms with E-state index < -0.39 is 28.3 Å². The third-order valence-electron chi connectivity index (χ3n) is 4.51. The van der Waals surface area contributed by atoms with Crippen LogP contribution >= 0.6 is 0 Å². The number of halogens is 1. The van der Waals surface area contributed by atoms with E-state index >= 15 is 0 Å². The van der Waals surface area contributed by atoms with Gasteiger partial charge in [0.1, 0.15) is 12.4 Å². The van der Waals surface area contributed by atoms with Gasteiger partial charge < -0.3 is 5.32 Å². The monoisotopic (exact) mass is 392 g/mol. The average molecular weight is 392 g/mol. The van der Waals surface area contributed by atoms with Crippen LogP contribution in [-0.4, -0.2) is 27.1 Å². The minimum atomic E-state index is -3.74. The Morgan fingerprint density at radius 3 is 2.33 bits per heavy atom. The molecule has 0 unspecified atom stereocenters. The summed E-state index contributed by atoms with van der Waals surface area (Å²) < 4.78 is 38.6. The Kier molecular flexibility index (Phi) is 6.26. The summed E-state index contributed by atoms with van der Waals surface area (Å²) in [5.74, 6) is -1.03. The van der Waals surface area contributed by atoms with Crippen molar-refractivity contribution in [3.05, 3.63) is 64.5 Å². The molecule has 0 bridgehead atoms. The molecule has 0 heterocycles. The van der Waals surface area contributed by atoms with Crippen LogP contribution in [0.1, 0.15) is 35.2 Å². The van der Waals surface area contributed by atoms with Gasteiger partial charge in [-0.2, -0.15) is 0 Å². The van der Waals surface area contributed by atoms with Crippen LogP contribution in [0.5, 0.6) is 0 Å². The van der Waals surface area contributed by atoms with Crippen LogP contribution in [0.15, 0.2) is 36.4 Å².